The highest BCUT2D eigenvalue weighted by Gasteiger charge is 2.48. The number of anilines is 2. The number of rotatable bonds is 6. The molecule has 0 unspecified atom stereocenters. The molecular weight excluding hydrogens is 462 g/mol. The zero-order valence-corrected chi connectivity index (χ0v) is 20.0. The molecule has 3 aliphatic rings. The minimum Gasteiger partial charge on any atom is -0.454 e. The van der Waals surface area contributed by atoms with E-state index in [9.17, 15) is 4.79 Å². The molecular formula is C26H27N5O5. The maximum atomic E-state index is 12.8. The van der Waals surface area contributed by atoms with Gasteiger partial charge in [0.15, 0.2) is 11.5 Å². The third-order valence-corrected chi connectivity index (χ3v) is 6.65. The summed E-state index contributed by atoms with van der Waals surface area (Å²) < 4.78 is 22.8. The molecule has 0 aliphatic carbocycles. The summed E-state index contributed by atoms with van der Waals surface area (Å²) in [5.74, 6) is 1.51. The normalized spacial score (nSPS) is 23.8. The number of carbonyl (C=O) groups excluding carboxylic acids is 1. The zero-order valence-electron chi connectivity index (χ0n) is 20.0. The first-order valence-electron chi connectivity index (χ1n) is 11.9. The van der Waals surface area contributed by atoms with Gasteiger partial charge >= 0.3 is 0 Å². The van der Waals surface area contributed by atoms with E-state index < -0.39 is 0 Å². The van der Waals surface area contributed by atoms with Crippen LogP contribution in [0.5, 0.6) is 11.5 Å². The summed E-state index contributed by atoms with van der Waals surface area (Å²) in [5, 5.41) is 6.40. The lowest BCUT2D eigenvalue weighted by atomic mass is 10.1. The maximum Gasteiger partial charge on any atom is 0.251 e. The monoisotopic (exact) mass is 489 g/mol. The molecule has 0 radical (unpaired) electrons. The fraction of sp³-hybridized carbons (Fsp3) is 0.346. The van der Waals surface area contributed by atoms with Gasteiger partial charge in [0.1, 0.15) is 12.2 Å². The summed E-state index contributed by atoms with van der Waals surface area (Å²) in [5.41, 5.74) is 3.46. The Morgan fingerprint density at radius 2 is 1.69 bits per heavy atom. The Labute approximate surface area is 208 Å². The van der Waals surface area contributed by atoms with Crippen LogP contribution in [-0.2, 0) is 9.47 Å². The second kappa shape index (κ2) is 9.29. The molecule has 36 heavy (non-hydrogen) atoms. The Balaban J connectivity index is 1.10. The number of hydrogen-bond donors (Lipinski definition) is 2. The summed E-state index contributed by atoms with van der Waals surface area (Å²) in [7, 11) is 4.02. The van der Waals surface area contributed by atoms with Crippen molar-refractivity contribution in [3.8, 4) is 22.8 Å². The molecule has 0 spiro atoms. The summed E-state index contributed by atoms with van der Waals surface area (Å²) in [6, 6.07) is 14.8. The van der Waals surface area contributed by atoms with Gasteiger partial charge in [-0.2, -0.15) is 0 Å². The molecule has 3 aliphatic heterocycles. The highest BCUT2D eigenvalue weighted by atomic mass is 16.7. The number of nitrogens with one attached hydrogen (secondary N) is 2. The van der Waals surface area contributed by atoms with Gasteiger partial charge in [0, 0.05) is 37.1 Å². The third-order valence-electron chi connectivity index (χ3n) is 6.65. The van der Waals surface area contributed by atoms with E-state index in [4.69, 9.17) is 23.9 Å². The summed E-state index contributed by atoms with van der Waals surface area (Å²) in [6.45, 7) is 0.956. The van der Waals surface area contributed by atoms with Crippen molar-refractivity contribution in [2.24, 2.45) is 0 Å². The smallest absolute Gasteiger partial charge is 0.251 e. The number of ether oxygens (including phenoxy) is 4. The van der Waals surface area contributed by atoms with Crippen LogP contribution in [0.2, 0.25) is 0 Å². The van der Waals surface area contributed by atoms with Crippen molar-refractivity contribution >= 4 is 17.5 Å². The van der Waals surface area contributed by atoms with Gasteiger partial charge in [-0.05, 0) is 36.4 Å². The SMILES string of the molecule is CN(C)c1ccc(-c2ccnc(N[C@@H]3CO[C@@H]4[C@@H]3OC[C@@H]4NC(=O)c3ccc4c(c3)OCO4)n2)cc1. The molecule has 6 rings (SSSR count). The van der Waals surface area contributed by atoms with Gasteiger partial charge < -0.3 is 34.5 Å². The van der Waals surface area contributed by atoms with Crippen LogP contribution in [0.25, 0.3) is 11.3 Å². The molecule has 2 N–H and O–H groups in total. The topological polar surface area (TPSA) is 107 Å². The van der Waals surface area contributed by atoms with Crippen LogP contribution >= 0.6 is 0 Å². The van der Waals surface area contributed by atoms with Gasteiger partial charge in [0.05, 0.1) is 31.0 Å². The lowest BCUT2D eigenvalue weighted by Gasteiger charge is -2.18. The minimum atomic E-state index is -0.262. The predicted molar refractivity (Wildman–Crippen MR) is 133 cm³/mol. The average Bonchev–Trinajstić information content (AvgIpc) is 3.62. The fourth-order valence-electron chi connectivity index (χ4n) is 4.72. The maximum absolute atomic E-state index is 12.8. The van der Waals surface area contributed by atoms with E-state index in [1.54, 1.807) is 24.4 Å². The molecule has 1 aromatic heterocycles. The second-order valence-electron chi connectivity index (χ2n) is 9.20. The van der Waals surface area contributed by atoms with E-state index in [2.05, 4.69) is 32.7 Å². The van der Waals surface area contributed by atoms with Gasteiger partial charge in [-0.15, -0.1) is 0 Å². The first-order valence-corrected chi connectivity index (χ1v) is 11.9. The van der Waals surface area contributed by atoms with Crippen molar-refractivity contribution in [2.75, 3.05) is 44.3 Å². The standard InChI is InChI=1S/C26H27N5O5/c1-31(2)17-6-3-15(4-7-17)18-9-10-27-26(29-18)30-20-13-34-23-19(12-33-24(20)23)28-25(32)16-5-8-21-22(11-16)36-14-35-21/h3-11,19-20,23-24H,12-14H2,1-2H3,(H,28,32)(H,27,29,30)/t19-,20+,23-,24+/m0/s1. The molecule has 0 saturated carbocycles. The van der Waals surface area contributed by atoms with Crippen LogP contribution in [0.15, 0.2) is 54.7 Å². The van der Waals surface area contributed by atoms with Gasteiger partial charge in [0.2, 0.25) is 12.7 Å². The van der Waals surface area contributed by atoms with Crippen molar-refractivity contribution in [1.29, 1.82) is 0 Å². The average molecular weight is 490 g/mol. The van der Waals surface area contributed by atoms with E-state index in [0.717, 1.165) is 16.9 Å². The van der Waals surface area contributed by atoms with E-state index >= 15 is 0 Å². The number of fused-ring (bicyclic) bond motifs is 2. The first kappa shape index (κ1) is 22.6. The molecule has 2 aromatic carbocycles. The Kier molecular flexibility index (Phi) is 5.82. The Hall–Kier alpha value is -3.89. The van der Waals surface area contributed by atoms with Crippen LogP contribution < -0.4 is 25.0 Å². The van der Waals surface area contributed by atoms with Crippen molar-refractivity contribution < 1.29 is 23.7 Å². The van der Waals surface area contributed by atoms with E-state index in [0.29, 0.717) is 36.2 Å². The number of benzene rings is 2. The highest BCUT2D eigenvalue weighted by Crippen LogP contribution is 2.33. The molecule has 10 heteroatoms. The number of hydrogen-bond acceptors (Lipinski definition) is 9. The summed E-state index contributed by atoms with van der Waals surface area (Å²) in [4.78, 5) is 24.0. The van der Waals surface area contributed by atoms with Crippen molar-refractivity contribution in [2.45, 2.75) is 24.3 Å². The van der Waals surface area contributed by atoms with Gasteiger partial charge in [-0.25, -0.2) is 9.97 Å². The van der Waals surface area contributed by atoms with Crippen LogP contribution in [-0.4, -0.2) is 74.3 Å². The van der Waals surface area contributed by atoms with Crippen LogP contribution in [0.1, 0.15) is 10.4 Å². The molecule has 0 bridgehead atoms. The molecule has 186 valence electrons. The molecule has 3 aromatic rings. The van der Waals surface area contributed by atoms with Crippen LogP contribution in [0.3, 0.4) is 0 Å². The van der Waals surface area contributed by atoms with Crippen LogP contribution in [0.4, 0.5) is 11.6 Å². The minimum absolute atomic E-state index is 0.131. The van der Waals surface area contributed by atoms with Crippen molar-refractivity contribution in [3.05, 3.63) is 60.3 Å². The molecule has 2 saturated heterocycles. The van der Waals surface area contributed by atoms with E-state index in [-0.39, 0.29) is 37.0 Å². The third kappa shape index (κ3) is 4.29. The molecule has 4 heterocycles. The van der Waals surface area contributed by atoms with Gasteiger partial charge in [0.25, 0.3) is 5.91 Å². The fourth-order valence-corrected chi connectivity index (χ4v) is 4.72. The zero-order chi connectivity index (χ0) is 24.6. The number of carbonyl (C=O) groups is 1. The molecule has 4 atom stereocenters. The van der Waals surface area contributed by atoms with Gasteiger partial charge in [-0.1, -0.05) is 12.1 Å². The van der Waals surface area contributed by atoms with Crippen LogP contribution in [0, 0.1) is 0 Å². The second-order valence-corrected chi connectivity index (χ2v) is 9.20. The molecule has 1 amide bonds. The lowest BCUT2D eigenvalue weighted by Crippen LogP contribution is -2.44. The van der Waals surface area contributed by atoms with Gasteiger partial charge in [-0.3, -0.25) is 4.79 Å². The highest BCUT2D eigenvalue weighted by molar-refractivity contribution is 5.95. The quantitative estimate of drug-likeness (QED) is 0.539. The summed E-state index contributed by atoms with van der Waals surface area (Å²) in [6.07, 6.45) is 1.25. The Bertz CT molecular complexity index is 1270. The van der Waals surface area contributed by atoms with E-state index in [1.807, 2.05) is 32.3 Å². The predicted octanol–water partition coefficient (Wildman–Crippen LogP) is 2.31. The first-order chi connectivity index (χ1) is 17.5. The van der Waals surface area contributed by atoms with Crippen molar-refractivity contribution in [3.63, 3.8) is 0 Å². The van der Waals surface area contributed by atoms with E-state index in [1.165, 1.54) is 0 Å². The molecule has 10 nitrogen and oxygen atoms in total. The van der Waals surface area contributed by atoms with Crippen molar-refractivity contribution in [1.82, 2.24) is 15.3 Å². The number of aromatic nitrogens is 2. The Morgan fingerprint density at radius 3 is 2.50 bits per heavy atom. The largest absolute Gasteiger partial charge is 0.454 e. The Morgan fingerprint density at radius 1 is 0.944 bits per heavy atom. The molecule has 2 fully saturated rings. The number of amides is 1. The lowest BCUT2D eigenvalue weighted by molar-refractivity contribution is 0.0652. The number of nitrogens with zero attached hydrogens (tertiary/aromatic N) is 3. The summed E-state index contributed by atoms with van der Waals surface area (Å²) >= 11 is 0.